The summed E-state index contributed by atoms with van der Waals surface area (Å²) >= 11 is 6.20. The number of halogens is 1. The Morgan fingerprint density at radius 1 is 0.750 bits per heavy atom. The molecule has 1 heteroatoms. The fourth-order valence-corrected chi connectivity index (χ4v) is 3.57. The summed E-state index contributed by atoms with van der Waals surface area (Å²) < 4.78 is 0. The van der Waals surface area contributed by atoms with Gasteiger partial charge in [0.05, 0.1) is 0 Å². The number of hydrogen-bond acceptors (Lipinski definition) is 0. The Bertz CT molecular complexity index is 844. The Balaban J connectivity index is 2.12. The van der Waals surface area contributed by atoms with E-state index in [1.165, 1.54) is 33.0 Å². The Kier molecular flexibility index (Phi) is 2.32. The standard InChI is InChI=1S/C19H15Cl/c1-19(2)17-10-13-6-4-3-5-12(13)9-16(17)15-8-7-14(20)11-18(15)19/h3-11H,1-2H3. The summed E-state index contributed by atoms with van der Waals surface area (Å²) in [5.41, 5.74) is 5.41. The summed E-state index contributed by atoms with van der Waals surface area (Å²) in [6, 6.07) is 19.4. The van der Waals surface area contributed by atoms with Crippen molar-refractivity contribution in [2.24, 2.45) is 0 Å². The van der Waals surface area contributed by atoms with Crippen molar-refractivity contribution in [3.8, 4) is 11.1 Å². The lowest BCUT2D eigenvalue weighted by molar-refractivity contribution is 0.661. The Labute approximate surface area is 124 Å². The molecule has 1 aliphatic rings. The van der Waals surface area contributed by atoms with Gasteiger partial charge in [0.25, 0.3) is 0 Å². The predicted octanol–water partition coefficient (Wildman–Crippen LogP) is 5.80. The number of fused-ring (bicyclic) bond motifs is 4. The summed E-state index contributed by atoms with van der Waals surface area (Å²) in [6.07, 6.45) is 0. The van der Waals surface area contributed by atoms with E-state index >= 15 is 0 Å². The van der Waals surface area contributed by atoms with Crippen LogP contribution < -0.4 is 0 Å². The van der Waals surface area contributed by atoms with Crippen LogP contribution in [0.15, 0.2) is 54.6 Å². The number of rotatable bonds is 0. The van der Waals surface area contributed by atoms with Crippen LogP contribution in [0.2, 0.25) is 5.02 Å². The third-order valence-electron chi connectivity index (χ3n) is 4.50. The molecule has 4 rings (SSSR count). The lowest BCUT2D eigenvalue weighted by atomic mass is 9.82. The summed E-state index contributed by atoms with van der Waals surface area (Å²) in [5, 5.41) is 3.41. The largest absolute Gasteiger partial charge is 0.0843 e. The van der Waals surface area contributed by atoms with Gasteiger partial charge in [-0.25, -0.2) is 0 Å². The first-order valence-corrected chi connectivity index (χ1v) is 7.29. The molecule has 3 aromatic carbocycles. The maximum atomic E-state index is 6.20. The van der Waals surface area contributed by atoms with Crippen molar-refractivity contribution >= 4 is 22.4 Å². The van der Waals surface area contributed by atoms with E-state index < -0.39 is 0 Å². The lowest BCUT2D eigenvalue weighted by Crippen LogP contribution is -2.14. The van der Waals surface area contributed by atoms with Crippen molar-refractivity contribution < 1.29 is 0 Å². The monoisotopic (exact) mass is 278 g/mol. The topological polar surface area (TPSA) is 0 Å². The molecule has 0 unspecified atom stereocenters. The van der Waals surface area contributed by atoms with Gasteiger partial charge in [-0.15, -0.1) is 0 Å². The molecule has 20 heavy (non-hydrogen) atoms. The van der Waals surface area contributed by atoms with E-state index in [2.05, 4.69) is 62.4 Å². The highest BCUT2D eigenvalue weighted by Gasteiger charge is 2.35. The highest BCUT2D eigenvalue weighted by atomic mass is 35.5. The van der Waals surface area contributed by atoms with E-state index in [1.54, 1.807) is 0 Å². The highest BCUT2D eigenvalue weighted by molar-refractivity contribution is 6.30. The zero-order chi connectivity index (χ0) is 13.9. The van der Waals surface area contributed by atoms with Crippen LogP contribution in [-0.4, -0.2) is 0 Å². The molecule has 98 valence electrons. The van der Waals surface area contributed by atoms with Crippen LogP contribution in [0, 0.1) is 0 Å². The van der Waals surface area contributed by atoms with Crippen LogP contribution in [0.25, 0.3) is 21.9 Å². The third kappa shape index (κ3) is 1.49. The van der Waals surface area contributed by atoms with Crippen LogP contribution >= 0.6 is 11.6 Å². The SMILES string of the molecule is CC1(C)c2cc(Cl)ccc2-c2cc3ccccc3cc21. The average molecular weight is 279 g/mol. The van der Waals surface area contributed by atoms with E-state index in [0.29, 0.717) is 0 Å². The maximum Gasteiger partial charge on any atom is 0.0409 e. The fraction of sp³-hybridized carbons (Fsp3) is 0.158. The molecule has 0 spiro atoms. The maximum absolute atomic E-state index is 6.20. The molecular weight excluding hydrogens is 264 g/mol. The first-order chi connectivity index (χ1) is 9.57. The normalized spacial score (nSPS) is 15.2. The van der Waals surface area contributed by atoms with Crippen molar-refractivity contribution in [2.75, 3.05) is 0 Å². The molecule has 0 saturated carbocycles. The summed E-state index contributed by atoms with van der Waals surface area (Å²) in [5.74, 6) is 0. The number of hydrogen-bond donors (Lipinski definition) is 0. The van der Waals surface area contributed by atoms with Crippen molar-refractivity contribution in [3.63, 3.8) is 0 Å². The molecular formula is C19H15Cl. The second-order valence-electron chi connectivity index (χ2n) is 6.06. The second-order valence-corrected chi connectivity index (χ2v) is 6.50. The van der Waals surface area contributed by atoms with Crippen molar-refractivity contribution in [3.05, 3.63) is 70.7 Å². The van der Waals surface area contributed by atoms with Crippen LogP contribution in [0.1, 0.15) is 25.0 Å². The molecule has 0 nitrogen and oxygen atoms in total. The first-order valence-electron chi connectivity index (χ1n) is 6.91. The van der Waals surface area contributed by atoms with Gasteiger partial charge in [-0.2, -0.15) is 0 Å². The highest BCUT2D eigenvalue weighted by Crippen LogP contribution is 2.50. The van der Waals surface area contributed by atoms with Gasteiger partial charge in [0.1, 0.15) is 0 Å². The van der Waals surface area contributed by atoms with Crippen LogP contribution in [0.4, 0.5) is 0 Å². The molecule has 0 aliphatic heterocycles. The molecule has 0 amide bonds. The molecule has 0 atom stereocenters. The third-order valence-corrected chi connectivity index (χ3v) is 4.74. The van der Waals surface area contributed by atoms with Crippen LogP contribution in [0.5, 0.6) is 0 Å². The van der Waals surface area contributed by atoms with Crippen molar-refractivity contribution in [1.29, 1.82) is 0 Å². The molecule has 0 N–H and O–H groups in total. The molecule has 0 aromatic heterocycles. The molecule has 1 aliphatic carbocycles. The minimum Gasteiger partial charge on any atom is -0.0843 e. The zero-order valence-corrected chi connectivity index (χ0v) is 12.3. The summed E-state index contributed by atoms with van der Waals surface area (Å²) in [6.45, 7) is 4.56. The van der Waals surface area contributed by atoms with Crippen LogP contribution in [-0.2, 0) is 5.41 Å². The molecule has 0 fully saturated rings. The molecule has 0 saturated heterocycles. The van der Waals surface area contributed by atoms with Gasteiger partial charge < -0.3 is 0 Å². The molecule has 3 aromatic rings. The van der Waals surface area contributed by atoms with Gasteiger partial charge in [0.2, 0.25) is 0 Å². The molecule has 0 heterocycles. The van der Waals surface area contributed by atoms with E-state index in [9.17, 15) is 0 Å². The van der Waals surface area contributed by atoms with Gasteiger partial charge in [0.15, 0.2) is 0 Å². The summed E-state index contributed by atoms with van der Waals surface area (Å²) in [4.78, 5) is 0. The van der Waals surface area contributed by atoms with E-state index in [0.717, 1.165) is 5.02 Å². The fourth-order valence-electron chi connectivity index (χ4n) is 3.39. The van der Waals surface area contributed by atoms with Gasteiger partial charge in [0, 0.05) is 10.4 Å². The Morgan fingerprint density at radius 2 is 1.40 bits per heavy atom. The van der Waals surface area contributed by atoms with Crippen LogP contribution in [0.3, 0.4) is 0 Å². The van der Waals surface area contributed by atoms with Gasteiger partial charge in [-0.05, 0) is 57.3 Å². The quantitative estimate of drug-likeness (QED) is 0.487. The lowest BCUT2D eigenvalue weighted by Gasteiger charge is -2.21. The van der Waals surface area contributed by atoms with Gasteiger partial charge in [-0.3, -0.25) is 0 Å². The second kappa shape index (κ2) is 3.86. The van der Waals surface area contributed by atoms with Gasteiger partial charge >= 0.3 is 0 Å². The average Bonchev–Trinajstić information content (AvgIpc) is 2.65. The van der Waals surface area contributed by atoms with Crippen molar-refractivity contribution in [1.82, 2.24) is 0 Å². The zero-order valence-electron chi connectivity index (χ0n) is 11.6. The number of benzene rings is 3. The van der Waals surface area contributed by atoms with Gasteiger partial charge in [-0.1, -0.05) is 55.8 Å². The van der Waals surface area contributed by atoms with E-state index in [1.807, 2.05) is 6.07 Å². The van der Waals surface area contributed by atoms with E-state index in [-0.39, 0.29) is 5.41 Å². The minimum atomic E-state index is 0.0135. The Hall–Kier alpha value is -1.79. The Morgan fingerprint density at radius 3 is 2.15 bits per heavy atom. The van der Waals surface area contributed by atoms with Crippen molar-refractivity contribution in [2.45, 2.75) is 19.3 Å². The smallest absolute Gasteiger partial charge is 0.0409 e. The first kappa shape index (κ1) is 12.0. The predicted molar refractivity (Wildman–Crippen MR) is 86.5 cm³/mol. The van der Waals surface area contributed by atoms with E-state index in [4.69, 9.17) is 11.6 Å². The molecule has 0 radical (unpaired) electrons. The summed E-state index contributed by atoms with van der Waals surface area (Å²) in [7, 11) is 0. The molecule has 0 bridgehead atoms. The minimum absolute atomic E-state index is 0.0135.